The number of benzene rings is 2. The van der Waals surface area contributed by atoms with Crippen LogP contribution in [0, 0.1) is 5.82 Å². The van der Waals surface area contributed by atoms with Gasteiger partial charge in [0.15, 0.2) is 0 Å². The van der Waals surface area contributed by atoms with Crippen molar-refractivity contribution in [1.82, 2.24) is 4.98 Å². The Bertz CT molecular complexity index is 688. The highest BCUT2D eigenvalue weighted by molar-refractivity contribution is 9.10. The Hall–Kier alpha value is -1.61. The maximum atomic E-state index is 13.1. The van der Waals surface area contributed by atoms with E-state index in [0.717, 1.165) is 26.6 Å². The number of hydrogen-bond acceptors (Lipinski definition) is 0. The van der Waals surface area contributed by atoms with Gasteiger partial charge in [-0.2, -0.15) is 0 Å². The molecule has 84 valence electrons. The highest BCUT2D eigenvalue weighted by Gasteiger charge is 2.04. The van der Waals surface area contributed by atoms with Crippen LogP contribution >= 0.6 is 15.9 Å². The molecule has 0 unspecified atom stereocenters. The van der Waals surface area contributed by atoms with E-state index in [2.05, 4.69) is 20.9 Å². The van der Waals surface area contributed by atoms with Crippen LogP contribution in [0.2, 0.25) is 0 Å². The minimum atomic E-state index is -0.222. The Morgan fingerprint density at radius 3 is 2.71 bits per heavy atom. The minimum absolute atomic E-state index is 0.222. The van der Waals surface area contributed by atoms with E-state index in [1.807, 2.05) is 30.3 Å². The second kappa shape index (κ2) is 4.00. The first-order valence-electron chi connectivity index (χ1n) is 5.26. The normalized spacial score (nSPS) is 10.9. The molecule has 0 aliphatic heterocycles. The fourth-order valence-corrected chi connectivity index (χ4v) is 2.31. The predicted molar refractivity (Wildman–Crippen MR) is 71.4 cm³/mol. The monoisotopic (exact) mass is 289 g/mol. The third kappa shape index (κ3) is 1.98. The van der Waals surface area contributed by atoms with E-state index in [4.69, 9.17) is 0 Å². The molecule has 17 heavy (non-hydrogen) atoms. The molecule has 0 fully saturated rings. The summed E-state index contributed by atoms with van der Waals surface area (Å²) in [6, 6.07) is 14.8. The molecule has 0 aliphatic carbocycles. The maximum Gasteiger partial charge on any atom is 0.125 e. The summed E-state index contributed by atoms with van der Waals surface area (Å²) in [4.78, 5) is 3.22. The standard InChI is InChI=1S/C14H9BrFN/c15-11-3-1-2-9(6-11)13-7-10-4-5-12(16)8-14(10)17-13/h1-8,17H. The number of halogens is 2. The van der Waals surface area contributed by atoms with Crippen molar-refractivity contribution in [3.63, 3.8) is 0 Å². The van der Waals surface area contributed by atoms with Crippen molar-refractivity contribution in [2.75, 3.05) is 0 Å². The Morgan fingerprint density at radius 2 is 1.88 bits per heavy atom. The lowest BCUT2D eigenvalue weighted by atomic mass is 10.1. The van der Waals surface area contributed by atoms with Crippen LogP contribution in [-0.4, -0.2) is 4.98 Å². The molecule has 3 rings (SSSR count). The average molecular weight is 290 g/mol. The van der Waals surface area contributed by atoms with E-state index in [-0.39, 0.29) is 5.82 Å². The number of nitrogens with one attached hydrogen (secondary N) is 1. The van der Waals surface area contributed by atoms with Crippen molar-refractivity contribution in [2.24, 2.45) is 0 Å². The number of H-pyrrole nitrogens is 1. The molecule has 0 atom stereocenters. The molecule has 0 spiro atoms. The smallest absolute Gasteiger partial charge is 0.125 e. The van der Waals surface area contributed by atoms with E-state index in [1.165, 1.54) is 12.1 Å². The minimum Gasteiger partial charge on any atom is -0.354 e. The third-order valence-electron chi connectivity index (χ3n) is 2.72. The van der Waals surface area contributed by atoms with Gasteiger partial charge in [-0.25, -0.2) is 4.39 Å². The van der Waals surface area contributed by atoms with Gasteiger partial charge in [-0.05, 0) is 42.0 Å². The van der Waals surface area contributed by atoms with Crippen molar-refractivity contribution < 1.29 is 4.39 Å². The van der Waals surface area contributed by atoms with Crippen LogP contribution in [0.1, 0.15) is 0 Å². The molecule has 3 heteroatoms. The predicted octanol–water partition coefficient (Wildman–Crippen LogP) is 4.74. The van der Waals surface area contributed by atoms with Gasteiger partial charge in [-0.15, -0.1) is 0 Å². The molecule has 0 radical (unpaired) electrons. The van der Waals surface area contributed by atoms with Crippen molar-refractivity contribution in [2.45, 2.75) is 0 Å². The molecular weight excluding hydrogens is 281 g/mol. The van der Waals surface area contributed by atoms with E-state index in [0.29, 0.717) is 0 Å². The van der Waals surface area contributed by atoms with Gasteiger partial charge < -0.3 is 4.98 Å². The van der Waals surface area contributed by atoms with Gasteiger partial charge in [0, 0.05) is 21.1 Å². The van der Waals surface area contributed by atoms with Gasteiger partial charge in [0.25, 0.3) is 0 Å². The number of hydrogen-bond donors (Lipinski definition) is 1. The fourth-order valence-electron chi connectivity index (χ4n) is 1.91. The van der Waals surface area contributed by atoms with Crippen LogP contribution in [0.3, 0.4) is 0 Å². The Labute approximate surface area is 106 Å². The molecule has 2 aromatic carbocycles. The lowest BCUT2D eigenvalue weighted by molar-refractivity contribution is 0.629. The summed E-state index contributed by atoms with van der Waals surface area (Å²) in [6.45, 7) is 0. The summed E-state index contributed by atoms with van der Waals surface area (Å²) in [6.07, 6.45) is 0. The number of rotatable bonds is 1. The third-order valence-corrected chi connectivity index (χ3v) is 3.21. The summed E-state index contributed by atoms with van der Waals surface area (Å²) in [5, 5.41) is 1.02. The fraction of sp³-hybridized carbons (Fsp3) is 0. The van der Waals surface area contributed by atoms with Crippen molar-refractivity contribution in [1.29, 1.82) is 0 Å². The van der Waals surface area contributed by atoms with Crippen molar-refractivity contribution in [3.05, 3.63) is 58.8 Å². The summed E-state index contributed by atoms with van der Waals surface area (Å²) >= 11 is 3.44. The lowest BCUT2D eigenvalue weighted by Gasteiger charge is -1.97. The average Bonchev–Trinajstić information content (AvgIpc) is 2.72. The summed E-state index contributed by atoms with van der Waals surface area (Å²) in [7, 11) is 0. The van der Waals surface area contributed by atoms with Gasteiger partial charge in [0.1, 0.15) is 5.82 Å². The molecule has 0 amide bonds. The van der Waals surface area contributed by atoms with E-state index < -0.39 is 0 Å². The van der Waals surface area contributed by atoms with Gasteiger partial charge in [0.2, 0.25) is 0 Å². The molecule has 1 nitrogen and oxygen atoms in total. The van der Waals surface area contributed by atoms with E-state index in [1.54, 1.807) is 6.07 Å². The van der Waals surface area contributed by atoms with Crippen LogP contribution in [0.15, 0.2) is 53.0 Å². The topological polar surface area (TPSA) is 15.8 Å². The largest absolute Gasteiger partial charge is 0.354 e. The molecule has 0 aliphatic rings. The molecule has 0 bridgehead atoms. The molecule has 0 saturated carbocycles. The number of fused-ring (bicyclic) bond motifs is 1. The number of aromatic nitrogens is 1. The first kappa shape index (κ1) is 10.5. The zero-order valence-electron chi connectivity index (χ0n) is 8.87. The highest BCUT2D eigenvalue weighted by Crippen LogP contribution is 2.26. The second-order valence-corrected chi connectivity index (χ2v) is 4.84. The van der Waals surface area contributed by atoms with Crippen LogP contribution in [-0.2, 0) is 0 Å². The van der Waals surface area contributed by atoms with Crippen LogP contribution in [0.4, 0.5) is 4.39 Å². The molecular formula is C14H9BrFN. The van der Waals surface area contributed by atoms with Gasteiger partial charge in [0.05, 0.1) is 0 Å². The molecule has 1 heterocycles. The summed E-state index contributed by atoms with van der Waals surface area (Å²) in [5.41, 5.74) is 2.89. The van der Waals surface area contributed by atoms with Crippen molar-refractivity contribution >= 4 is 26.8 Å². The van der Waals surface area contributed by atoms with Gasteiger partial charge >= 0.3 is 0 Å². The summed E-state index contributed by atoms with van der Waals surface area (Å²) in [5.74, 6) is -0.222. The molecule has 1 aromatic heterocycles. The lowest BCUT2D eigenvalue weighted by Crippen LogP contribution is -1.76. The highest BCUT2D eigenvalue weighted by atomic mass is 79.9. The zero-order chi connectivity index (χ0) is 11.8. The number of aromatic amines is 1. The van der Waals surface area contributed by atoms with E-state index >= 15 is 0 Å². The SMILES string of the molecule is Fc1ccc2cc(-c3cccc(Br)c3)[nH]c2c1. The Kier molecular flexibility index (Phi) is 2.48. The molecule has 0 saturated heterocycles. The Morgan fingerprint density at radius 1 is 1.00 bits per heavy atom. The zero-order valence-corrected chi connectivity index (χ0v) is 10.5. The first-order valence-corrected chi connectivity index (χ1v) is 6.06. The quantitative estimate of drug-likeness (QED) is 0.666. The molecule has 1 N–H and O–H groups in total. The summed E-state index contributed by atoms with van der Waals surface area (Å²) < 4.78 is 14.1. The maximum absolute atomic E-state index is 13.1. The van der Waals surface area contributed by atoms with Crippen LogP contribution in [0.25, 0.3) is 22.2 Å². The van der Waals surface area contributed by atoms with Gasteiger partial charge in [-0.1, -0.05) is 28.1 Å². The van der Waals surface area contributed by atoms with E-state index in [9.17, 15) is 4.39 Å². The van der Waals surface area contributed by atoms with Crippen molar-refractivity contribution in [3.8, 4) is 11.3 Å². The van der Waals surface area contributed by atoms with Crippen LogP contribution < -0.4 is 0 Å². The molecule has 3 aromatic rings. The first-order chi connectivity index (χ1) is 8.22. The van der Waals surface area contributed by atoms with Gasteiger partial charge in [-0.3, -0.25) is 0 Å². The van der Waals surface area contributed by atoms with Crippen LogP contribution in [0.5, 0.6) is 0 Å². The second-order valence-electron chi connectivity index (χ2n) is 3.92. The Balaban J connectivity index is 2.18.